The van der Waals surface area contributed by atoms with Crippen LogP contribution in [0.3, 0.4) is 0 Å². The third-order valence-electron chi connectivity index (χ3n) is 3.21. The topological polar surface area (TPSA) is 114 Å². The molecule has 0 radical (unpaired) electrons. The van der Waals surface area contributed by atoms with Gasteiger partial charge in [0.05, 0.1) is 11.5 Å². The van der Waals surface area contributed by atoms with Crippen LogP contribution in [0.1, 0.15) is 31.9 Å². The van der Waals surface area contributed by atoms with Crippen LogP contribution >= 0.6 is 11.8 Å². The summed E-state index contributed by atoms with van der Waals surface area (Å²) in [5.74, 6) is -1.62. The van der Waals surface area contributed by atoms with Crippen molar-refractivity contribution in [1.29, 1.82) is 0 Å². The fourth-order valence-electron chi connectivity index (χ4n) is 2.09. The molecule has 154 valence electrons. The molecule has 0 unspecified atom stereocenters. The molecular weight excluding hydrogens is 382 g/mol. The number of aryl methyl sites for hydroxylation is 2. The number of benzene rings is 1. The highest BCUT2D eigenvalue weighted by Crippen LogP contribution is 2.16. The number of amides is 4. The van der Waals surface area contributed by atoms with E-state index < -0.39 is 30.1 Å². The third kappa shape index (κ3) is 9.96. The molecule has 0 bridgehead atoms. The molecule has 1 aromatic carbocycles. The van der Waals surface area contributed by atoms with E-state index in [0.717, 1.165) is 28.6 Å². The van der Waals surface area contributed by atoms with Gasteiger partial charge in [-0.05, 0) is 46.2 Å². The molecule has 0 aliphatic rings. The second kappa shape index (κ2) is 10.7. The van der Waals surface area contributed by atoms with Crippen LogP contribution in [0.25, 0.3) is 0 Å². The number of hydrogen-bond acceptors (Lipinski definition) is 6. The fourth-order valence-corrected chi connectivity index (χ4v) is 2.70. The number of nitrogens with one attached hydrogen (secondary N) is 3. The molecule has 0 atom stereocenters. The number of anilines is 1. The van der Waals surface area contributed by atoms with Crippen LogP contribution in [-0.4, -0.2) is 47.5 Å². The van der Waals surface area contributed by atoms with Gasteiger partial charge in [0.1, 0.15) is 0 Å². The maximum Gasteiger partial charge on any atom is 0.321 e. The van der Waals surface area contributed by atoms with Crippen molar-refractivity contribution in [1.82, 2.24) is 10.6 Å². The van der Waals surface area contributed by atoms with Gasteiger partial charge in [-0.15, -0.1) is 11.8 Å². The van der Waals surface area contributed by atoms with Crippen molar-refractivity contribution in [2.75, 3.05) is 23.4 Å². The minimum absolute atomic E-state index is 0.0720. The standard InChI is InChI=1S/C19H27N3O5S/c1-12-6-7-14(13(2)8-12)20-16(24)10-28-11-17(25)27-9-15(23)21-18(26)22-19(3,4)5/h6-8H,9-11H2,1-5H3,(H,20,24)(H2,21,22,23,26). The van der Waals surface area contributed by atoms with Gasteiger partial charge >= 0.3 is 12.0 Å². The monoisotopic (exact) mass is 409 g/mol. The van der Waals surface area contributed by atoms with E-state index in [1.807, 2.05) is 32.0 Å². The SMILES string of the molecule is Cc1ccc(NC(=O)CSCC(=O)OCC(=O)NC(=O)NC(C)(C)C)c(C)c1. The maximum atomic E-state index is 11.9. The summed E-state index contributed by atoms with van der Waals surface area (Å²) in [4.78, 5) is 46.7. The zero-order valence-corrected chi connectivity index (χ0v) is 17.6. The Labute approximate surface area is 169 Å². The molecule has 0 aromatic heterocycles. The Morgan fingerprint density at radius 1 is 1.04 bits per heavy atom. The molecule has 0 aliphatic carbocycles. The maximum absolute atomic E-state index is 11.9. The van der Waals surface area contributed by atoms with Crippen LogP contribution in [0, 0.1) is 13.8 Å². The summed E-state index contributed by atoms with van der Waals surface area (Å²) in [5.41, 5.74) is 2.30. The largest absolute Gasteiger partial charge is 0.455 e. The molecule has 0 saturated carbocycles. The van der Waals surface area contributed by atoms with Crippen molar-refractivity contribution in [3.05, 3.63) is 29.3 Å². The number of imide groups is 1. The quantitative estimate of drug-likeness (QED) is 0.595. The third-order valence-corrected chi connectivity index (χ3v) is 4.12. The molecule has 4 amide bonds. The summed E-state index contributed by atoms with van der Waals surface area (Å²) in [7, 11) is 0. The van der Waals surface area contributed by atoms with Crippen LogP contribution in [0.4, 0.5) is 10.5 Å². The second-order valence-corrected chi connectivity index (χ2v) is 8.26. The average molecular weight is 410 g/mol. The predicted molar refractivity (Wildman–Crippen MR) is 109 cm³/mol. The zero-order chi connectivity index (χ0) is 21.3. The minimum Gasteiger partial charge on any atom is -0.455 e. The molecule has 0 fully saturated rings. The van der Waals surface area contributed by atoms with Crippen molar-refractivity contribution in [2.24, 2.45) is 0 Å². The Bertz CT molecular complexity index is 744. The lowest BCUT2D eigenvalue weighted by Gasteiger charge is -2.20. The van der Waals surface area contributed by atoms with Crippen LogP contribution in [0.5, 0.6) is 0 Å². The van der Waals surface area contributed by atoms with E-state index in [0.29, 0.717) is 0 Å². The van der Waals surface area contributed by atoms with Gasteiger partial charge in [-0.25, -0.2) is 4.79 Å². The molecule has 3 N–H and O–H groups in total. The van der Waals surface area contributed by atoms with E-state index in [1.54, 1.807) is 20.8 Å². The number of carbonyl (C=O) groups excluding carboxylic acids is 4. The Hall–Kier alpha value is -2.55. The van der Waals surface area contributed by atoms with Crippen molar-refractivity contribution in [2.45, 2.75) is 40.2 Å². The lowest BCUT2D eigenvalue weighted by Crippen LogP contribution is -2.49. The number of hydrogen-bond donors (Lipinski definition) is 3. The number of esters is 1. The van der Waals surface area contributed by atoms with Gasteiger partial charge in [-0.3, -0.25) is 19.7 Å². The predicted octanol–water partition coefficient (Wildman–Crippen LogP) is 2.14. The highest BCUT2D eigenvalue weighted by atomic mass is 32.2. The second-order valence-electron chi connectivity index (χ2n) is 7.27. The normalized spacial score (nSPS) is 10.8. The summed E-state index contributed by atoms with van der Waals surface area (Å²) < 4.78 is 4.78. The van der Waals surface area contributed by atoms with E-state index >= 15 is 0 Å². The summed E-state index contributed by atoms with van der Waals surface area (Å²) in [5, 5.41) is 7.40. The van der Waals surface area contributed by atoms with Crippen molar-refractivity contribution in [3.8, 4) is 0 Å². The Kier molecular flexibility index (Phi) is 8.98. The molecule has 0 spiro atoms. The average Bonchev–Trinajstić information content (AvgIpc) is 2.53. The number of thioether (sulfide) groups is 1. The van der Waals surface area contributed by atoms with Crippen LogP contribution in [0.15, 0.2) is 18.2 Å². The van der Waals surface area contributed by atoms with Gasteiger partial charge < -0.3 is 15.4 Å². The smallest absolute Gasteiger partial charge is 0.321 e. The van der Waals surface area contributed by atoms with Gasteiger partial charge in [0.2, 0.25) is 5.91 Å². The van der Waals surface area contributed by atoms with Gasteiger partial charge in [0.15, 0.2) is 6.61 Å². The summed E-state index contributed by atoms with van der Waals surface area (Å²) in [6.45, 7) is 8.61. The zero-order valence-electron chi connectivity index (χ0n) is 16.8. The molecule has 1 aromatic rings. The molecule has 0 aliphatic heterocycles. The van der Waals surface area contributed by atoms with E-state index in [4.69, 9.17) is 4.74 Å². The highest BCUT2D eigenvalue weighted by Gasteiger charge is 2.16. The molecular formula is C19H27N3O5S. The van der Waals surface area contributed by atoms with E-state index in [9.17, 15) is 19.2 Å². The Balaban J connectivity index is 2.25. The first-order chi connectivity index (χ1) is 13.0. The number of ether oxygens (including phenoxy) is 1. The highest BCUT2D eigenvalue weighted by molar-refractivity contribution is 8.00. The summed E-state index contributed by atoms with van der Waals surface area (Å²) in [6.07, 6.45) is 0. The Morgan fingerprint density at radius 3 is 2.32 bits per heavy atom. The summed E-state index contributed by atoms with van der Waals surface area (Å²) >= 11 is 1.07. The molecule has 28 heavy (non-hydrogen) atoms. The van der Waals surface area contributed by atoms with Crippen molar-refractivity contribution < 1.29 is 23.9 Å². The van der Waals surface area contributed by atoms with E-state index in [2.05, 4.69) is 16.0 Å². The first kappa shape index (κ1) is 23.5. The fraction of sp³-hybridized carbons (Fsp3) is 0.474. The van der Waals surface area contributed by atoms with E-state index in [1.165, 1.54) is 0 Å². The van der Waals surface area contributed by atoms with Gasteiger partial charge in [0, 0.05) is 11.2 Å². The van der Waals surface area contributed by atoms with Crippen LogP contribution in [-0.2, 0) is 19.1 Å². The number of carbonyl (C=O) groups is 4. The van der Waals surface area contributed by atoms with Gasteiger partial charge in [-0.1, -0.05) is 17.7 Å². The number of rotatable bonds is 7. The molecule has 0 heterocycles. The minimum atomic E-state index is -0.729. The Morgan fingerprint density at radius 2 is 1.71 bits per heavy atom. The molecule has 8 nitrogen and oxygen atoms in total. The summed E-state index contributed by atoms with van der Waals surface area (Å²) in [6, 6.07) is 5.04. The molecule has 1 rings (SSSR count). The van der Waals surface area contributed by atoms with Crippen LogP contribution < -0.4 is 16.0 Å². The van der Waals surface area contributed by atoms with Gasteiger partial charge in [0.25, 0.3) is 5.91 Å². The molecule has 9 heteroatoms. The lowest BCUT2D eigenvalue weighted by molar-refractivity contribution is -0.145. The molecule has 0 saturated heterocycles. The first-order valence-corrected chi connectivity index (χ1v) is 9.84. The lowest BCUT2D eigenvalue weighted by atomic mass is 10.1. The first-order valence-electron chi connectivity index (χ1n) is 8.69. The van der Waals surface area contributed by atoms with Crippen molar-refractivity contribution in [3.63, 3.8) is 0 Å². The number of urea groups is 1. The van der Waals surface area contributed by atoms with Crippen molar-refractivity contribution >= 4 is 41.3 Å². The van der Waals surface area contributed by atoms with Crippen LogP contribution in [0.2, 0.25) is 0 Å². The van der Waals surface area contributed by atoms with E-state index in [-0.39, 0.29) is 17.4 Å². The van der Waals surface area contributed by atoms with Gasteiger partial charge in [-0.2, -0.15) is 0 Å².